The van der Waals surface area contributed by atoms with Crippen molar-refractivity contribution >= 4 is 17.3 Å². The molecule has 0 saturated heterocycles. The maximum Gasteiger partial charge on any atom is 0.251 e. The number of hydrogen-bond donors (Lipinski definition) is 1. The fourth-order valence-electron chi connectivity index (χ4n) is 2.67. The fraction of sp³-hybridized carbons (Fsp3) is 0.435. The van der Waals surface area contributed by atoms with E-state index < -0.39 is 5.41 Å². The SMILES string of the molecule is CON(Cc1ccc(Nc2ccc(C(C)(C)C)cc2)cc1)C(=O)C(C)(C)C. The van der Waals surface area contributed by atoms with Gasteiger partial charge in [0, 0.05) is 16.8 Å². The molecule has 146 valence electrons. The van der Waals surface area contributed by atoms with Gasteiger partial charge in [-0.15, -0.1) is 0 Å². The van der Waals surface area contributed by atoms with Crippen LogP contribution in [0, 0.1) is 5.41 Å². The predicted octanol–water partition coefficient (Wildman–Crippen LogP) is 5.66. The summed E-state index contributed by atoms with van der Waals surface area (Å²) in [5, 5.41) is 4.82. The molecular weight excluding hydrogens is 336 g/mol. The number of nitrogens with zero attached hydrogens (tertiary/aromatic N) is 1. The van der Waals surface area contributed by atoms with Crippen LogP contribution in [0.25, 0.3) is 0 Å². The van der Waals surface area contributed by atoms with Crippen molar-refractivity contribution < 1.29 is 9.63 Å². The van der Waals surface area contributed by atoms with E-state index in [-0.39, 0.29) is 11.3 Å². The third kappa shape index (κ3) is 5.83. The van der Waals surface area contributed by atoms with Crippen LogP contribution in [0.1, 0.15) is 52.7 Å². The lowest BCUT2D eigenvalue weighted by Crippen LogP contribution is -2.38. The molecule has 0 aliphatic rings. The molecule has 0 heterocycles. The molecule has 2 rings (SSSR count). The quantitative estimate of drug-likeness (QED) is 0.692. The van der Waals surface area contributed by atoms with Gasteiger partial charge in [-0.3, -0.25) is 9.63 Å². The number of carbonyl (C=O) groups is 1. The van der Waals surface area contributed by atoms with Gasteiger partial charge < -0.3 is 5.32 Å². The van der Waals surface area contributed by atoms with Gasteiger partial charge in [-0.05, 0) is 40.8 Å². The van der Waals surface area contributed by atoms with Gasteiger partial charge in [0.25, 0.3) is 5.91 Å². The van der Waals surface area contributed by atoms with Crippen molar-refractivity contribution in [3.8, 4) is 0 Å². The molecule has 4 heteroatoms. The first-order chi connectivity index (χ1) is 12.5. The molecule has 2 aromatic carbocycles. The summed E-state index contributed by atoms with van der Waals surface area (Å²) in [6, 6.07) is 16.6. The van der Waals surface area contributed by atoms with E-state index in [0.717, 1.165) is 16.9 Å². The molecule has 27 heavy (non-hydrogen) atoms. The van der Waals surface area contributed by atoms with Gasteiger partial charge in [-0.1, -0.05) is 65.8 Å². The lowest BCUT2D eigenvalue weighted by atomic mass is 9.87. The highest BCUT2D eigenvalue weighted by atomic mass is 16.7. The van der Waals surface area contributed by atoms with Crippen LogP contribution in [0.5, 0.6) is 0 Å². The van der Waals surface area contributed by atoms with E-state index in [9.17, 15) is 4.79 Å². The Kier molecular flexibility index (Phi) is 6.32. The normalized spacial score (nSPS) is 12.0. The second kappa shape index (κ2) is 8.13. The largest absolute Gasteiger partial charge is 0.356 e. The van der Waals surface area contributed by atoms with Gasteiger partial charge in [0.05, 0.1) is 13.7 Å². The van der Waals surface area contributed by atoms with Gasteiger partial charge >= 0.3 is 0 Å². The Morgan fingerprint density at radius 3 is 1.78 bits per heavy atom. The maximum atomic E-state index is 12.4. The number of hydroxylamine groups is 2. The first kappa shape index (κ1) is 21.0. The summed E-state index contributed by atoms with van der Waals surface area (Å²) in [6.07, 6.45) is 0. The van der Waals surface area contributed by atoms with E-state index in [4.69, 9.17) is 4.84 Å². The van der Waals surface area contributed by atoms with E-state index in [1.54, 1.807) is 0 Å². The summed E-state index contributed by atoms with van der Waals surface area (Å²) in [6.45, 7) is 12.7. The Labute approximate surface area is 163 Å². The number of rotatable bonds is 5. The zero-order valence-corrected chi connectivity index (χ0v) is 17.6. The molecule has 0 fully saturated rings. The topological polar surface area (TPSA) is 41.6 Å². The van der Waals surface area contributed by atoms with E-state index in [1.165, 1.54) is 17.7 Å². The minimum Gasteiger partial charge on any atom is -0.356 e. The van der Waals surface area contributed by atoms with E-state index >= 15 is 0 Å². The summed E-state index contributed by atoms with van der Waals surface area (Å²) in [5.74, 6) is -0.0360. The van der Waals surface area contributed by atoms with Crippen LogP contribution in [0.4, 0.5) is 11.4 Å². The average molecular weight is 369 g/mol. The number of benzene rings is 2. The van der Waals surface area contributed by atoms with Crippen LogP contribution in [-0.4, -0.2) is 18.1 Å². The molecule has 0 aliphatic heterocycles. The van der Waals surface area contributed by atoms with Crippen LogP contribution < -0.4 is 5.32 Å². The van der Waals surface area contributed by atoms with E-state index in [1.807, 2.05) is 45.0 Å². The van der Waals surface area contributed by atoms with Crippen molar-refractivity contribution in [2.24, 2.45) is 5.41 Å². The summed E-state index contributed by atoms with van der Waals surface area (Å²) in [4.78, 5) is 17.7. The predicted molar refractivity (Wildman–Crippen MR) is 112 cm³/mol. The Morgan fingerprint density at radius 2 is 1.37 bits per heavy atom. The summed E-state index contributed by atoms with van der Waals surface area (Å²) in [7, 11) is 1.53. The number of anilines is 2. The van der Waals surface area contributed by atoms with Gasteiger partial charge in [-0.25, -0.2) is 5.06 Å². The Hall–Kier alpha value is -2.33. The van der Waals surface area contributed by atoms with Gasteiger partial charge in [0.2, 0.25) is 0 Å². The van der Waals surface area contributed by atoms with Gasteiger partial charge in [0.15, 0.2) is 0 Å². The number of amides is 1. The zero-order valence-electron chi connectivity index (χ0n) is 17.6. The molecule has 1 N–H and O–H groups in total. The zero-order chi connectivity index (χ0) is 20.2. The number of nitrogens with one attached hydrogen (secondary N) is 1. The smallest absolute Gasteiger partial charge is 0.251 e. The molecule has 0 radical (unpaired) electrons. The lowest BCUT2D eigenvalue weighted by molar-refractivity contribution is -0.188. The highest BCUT2D eigenvalue weighted by molar-refractivity contribution is 5.80. The lowest BCUT2D eigenvalue weighted by Gasteiger charge is -2.27. The molecule has 0 aliphatic carbocycles. The van der Waals surface area contributed by atoms with Crippen molar-refractivity contribution in [3.63, 3.8) is 0 Å². The molecule has 4 nitrogen and oxygen atoms in total. The molecule has 1 amide bonds. The van der Waals surface area contributed by atoms with Crippen molar-refractivity contribution in [1.82, 2.24) is 5.06 Å². The first-order valence-corrected chi connectivity index (χ1v) is 9.33. The third-order valence-corrected chi connectivity index (χ3v) is 4.41. The minimum absolute atomic E-state index is 0.0360. The Morgan fingerprint density at radius 1 is 0.889 bits per heavy atom. The van der Waals surface area contributed by atoms with Gasteiger partial charge in [-0.2, -0.15) is 0 Å². The number of carbonyl (C=O) groups excluding carboxylic acids is 1. The summed E-state index contributed by atoms with van der Waals surface area (Å²) in [5.41, 5.74) is 4.06. The van der Waals surface area contributed by atoms with Crippen molar-refractivity contribution in [3.05, 3.63) is 59.7 Å². The van der Waals surface area contributed by atoms with Crippen LogP contribution in [-0.2, 0) is 21.6 Å². The third-order valence-electron chi connectivity index (χ3n) is 4.41. The van der Waals surface area contributed by atoms with Crippen molar-refractivity contribution in [1.29, 1.82) is 0 Å². The average Bonchev–Trinajstić information content (AvgIpc) is 2.59. The van der Waals surface area contributed by atoms with E-state index in [2.05, 4.69) is 50.4 Å². The molecule has 0 spiro atoms. The Balaban J connectivity index is 2.03. The van der Waals surface area contributed by atoms with Crippen molar-refractivity contribution in [2.45, 2.75) is 53.5 Å². The number of hydrogen-bond acceptors (Lipinski definition) is 3. The Bertz CT molecular complexity index is 751. The molecule has 0 bridgehead atoms. The fourth-order valence-corrected chi connectivity index (χ4v) is 2.67. The van der Waals surface area contributed by atoms with Crippen LogP contribution in [0.15, 0.2) is 48.5 Å². The highest BCUT2D eigenvalue weighted by Gasteiger charge is 2.27. The second-order valence-electron chi connectivity index (χ2n) is 8.92. The van der Waals surface area contributed by atoms with Gasteiger partial charge in [0.1, 0.15) is 0 Å². The molecular formula is C23H32N2O2. The van der Waals surface area contributed by atoms with Crippen LogP contribution >= 0.6 is 0 Å². The summed E-state index contributed by atoms with van der Waals surface area (Å²) < 4.78 is 0. The monoisotopic (exact) mass is 368 g/mol. The standard InChI is InChI=1S/C23H32N2O2/c1-22(2,3)18-10-14-20(15-11-18)24-19-12-8-17(9-13-19)16-25(27-7)21(26)23(4,5)6/h8-15,24H,16H2,1-7H3. The van der Waals surface area contributed by atoms with Crippen LogP contribution in [0.3, 0.4) is 0 Å². The summed E-state index contributed by atoms with van der Waals surface area (Å²) >= 11 is 0. The maximum absolute atomic E-state index is 12.4. The molecule has 0 saturated carbocycles. The second-order valence-corrected chi connectivity index (χ2v) is 8.92. The molecule has 0 atom stereocenters. The van der Waals surface area contributed by atoms with Crippen LogP contribution in [0.2, 0.25) is 0 Å². The highest BCUT2D eigenvalue weighted by Crippen LogP contribution is 2.25. The molecule has 2 aromatic rings. The molecule has 0 aromatic heterocycles. The van der Waals surface area contributed by atoms with E-state index in [0.29, 0.717) is 6.54 Å². The first-order valence-electron chi connectivity index (χ1n) is 9.33. The minimum atomic E-state index is -0.475. The molecule has 0 unspecified atom stereocenters. The van der Waals surface area contributed by atoms with Crippen molar-refractivity contribution in [2.75, 3.05) is 12.4 Å².